The van der Waals surface area contributed by atoms with Crippen LogP contribution in [0.4, 0.5) is 0 Å². The van der Waals surface area contributed by atoms with E-state index in [1.54, 1.807) is 0 Å². The highest BCUT2D eigenvalue weighted by Crippen LogP contribution is 2.62. The molecule has 1 aliphatic heterocycles. The molecule has 1 atom stereocenters. The van der Waals surface area contributed by atoms with Gasteiger partial charge in [-0.3, -0.25) is 10.4 Å². The Labute approximate surface area is 327 Å². The fraction of sp³-hybridized carbons (Fsp3) is 0.0385. The normalized spacial score (nSPS) is 13.6. The molecule has 0 saturated carbocycles. The second-order valence-corrected chi connectivity index (χ2v) is 14.3. The third-order valence-corrected chi connectivity index (χ3v) is 11.1. The summed E-state index contributed by atoms with van der Waals surface area (Å²) in [6.45, 7) is 0. The predicted molar refractivity (Wildman–Crippen MR) is 228 cm³/mol. The van der Waals surface area contributed by atoms with Gasteiger partial charge in [0.1, 0.15) is 23.5 Å². The lowest BCUT2D eigenvalue weighted by atomic mass is 9.65. The van der Waals surface area contributed by atoms with Crippen molar-refractivity contribution in [3.63, 3.8) is 0 Å². The van der Waals surface area contributed by atoms with Gasteiger partial charge in [0.15, 0.2) is 0 Å². The van der Waals surface area contributed by atoms with Crippen molar-refractivity contribution in [2.24, 2.45) is 4.99 Å². The molecule has 4 heteroatoms. The molecule has 0 radical (unpaired) electrons. The Hall–Kier alpha value is -7.30. The van der Waals surface area contributed by atoms with E-state index in [9.17, 15) is 0 Å². The first kappa shape index (κ1) is 33.3. The van der Waals surface area contributed by atoms with Gasteiger partial charge in [0.05, 0.1) is 5.41 Å². The molecule has 0 amide bonds. The van der Waals surface area contributed by atoms with E-state index in [0.29, 0.717) is 5.84 Å². The molecule has 1 spiro atoms. The number of hydrogen-bond acceptors (Lipinski definition) is 3. The van der Waals surface area contributed by atoms with Gasteiger partial charge in [-0.25, -0.2) is 0 Å². The number of nitrogens with zero attached hydrogens (tertiary/aromatic N) is 1. The van der Waals surface area contributed by atoms with Gasteiger partial charge in [-0.05, 0) is 79.9 Å². The first-order valence-corrected chi connectivity index (χ1v) is 19.0. The summed E-state index contributed by atoms with van der Waals surface area (Å²) in [4.78, 5) is 5.00. The minimum Gasteiger partial charge on any atom is -0.457 e. The Bertz CT molecular complexity index is 2740. The van der Waals surface area contributed by atoms with Gasteiger partial charge in [0.2, 0.25) is 0 Å². The van der Waals surface area contributed by atoms with Crippen molar-refractivity contribution in [2.45, 2.75) is 11.6 Å². The highest BCUT2D eigenvalue weighted by Gasteiger charge is 2.51. The summed E-state index contributed by atoms with van der Waals surface area (Å²) in [7, 11) is 0. The highest BCUT2D eigenvalue weighted by molar-refractivity contribution is 5.97. The van der Waals surface area contributed by atoms with Crippen molar-refractivity contribution < 1.29 is 4.74 Å². The van der Waals surface area contributed by atoms with Gasteiger partial charge in [0, 0.05) is 22.9 Å². The SMILES string of the molecule is N=C(NC(/N=C/c1ccccc1)c1cccc(-c2ccccc2-c2ccc3c(c2)C2(c4ccccc4O3)c3ccccc3-c3ccccc32)c1)c1ccccc1. The van der Waals surface area contributed by atoms with E-state index in [0.717, 1.165) is 61.6 Å². The van der Waals surface area contributed by atoms with Crippen LogP contribution in [-0.2, 0) is 5.41 Å². The number of para-hydroxylation sites is 1. The van der Waals surface area contributed by atoms with Crippen molar-refractivity contribution in [1.29, 1.82) is 5.41 Å². The molecule has 10 rings (SSSR count). The molecule has 1 heterocycles. The zero-order chi connectivity index (χ0) is 37.5. The van der Waals surface area contributed by atoms with Gasteiger partial charge in [-0.2, -0.15) is 0 Å². The fourth-order valence-corrected chi connectivity index (χ4v) is 8.62. The molecule has 1 aliphatic carbocycles. The molecule has 2 aliphatic rings. The molecule has 2 N–H and O–H groups in total. The van der Waals surface area contributed by atoms with Crippen molar-refractivity contribution in [3.8, 4) is 44.9 Å². The van der Waals surface area contributed by atoms with E-state index in [1.807, 2.05) is 66.9 Å². The largest absolute Gasteiger partial charge is 0.457 e. The maximum Gasteiger partial charge on any atom is 0.145 e. The number of benzene rings is 8. The number of amidine groups is 1. The lowest BCUT2D eigenvalue weighted by molar-refractivity contribution is 0.436. The van der Waals surface area contributed by atoms with Crippen LogP contribution >= 0.6 is 0 Å². The molecule has 0 fully saturated rings. The first-order valence-electron chi connectivity index (χ1n) is 19.0. The summed E-state index contributed by atoms with van der Waals surface area (Å²) < 4.78 is 6.72. The lowest BCUT2D eigenvalue weighted by Crippen LogP contribution is -2.32. The van der Waals surface area contributed by atoms with Crippen LogP contribution in [0.5, 0.6) is 11.5 Å². The minimum absolute atomic E-state index is 0.313. The minimum atomic E-state index is -0.541. The van der Waals surface area contributed by atoms with E-state index in [-0.39, 0.29) is 0 Å². The Kier molecular flexibility index (Phi) is 8.23. The number of fused-ring (bicyclic) bond motifs is 9. The molecule has 4 nitrogen and oxygen atoms in total. The Balaban J connectivity index is 1.09. The number of hydrogen-bond donors (Lipinski definition) is 2. The predicted octanol–water partition coefficient (Wildman–Crippen LogP) is 12.2. The monoisotopic (exact) mass is 719 g/mol. The molecular weight excluding hydrogens is 683 g/mol. The van der Waals surface area contributed by atoms with Crippen molar-refractivity contribution >= 4 is 12.1 Å². The third-order valence-electron chi connectivity index (χ3n) is 11.1. The van der Waals surface area contributed by atoms with Crippen LogP contribution < -0.4 is 10.1 Å². The van der Waals surface area contributed by atoms with Crippen molar-refractivity contribution in [2.75, 3.05) is 0 Å². The Morgan fingerprint density at radius 2 is 1.05 bits per heavy atom. The second-order valence-electron chi connectivity index (χ2n) is 14.3. The number of nitrogens with one attached hydrogen (secondary N) is 2. The van der Waals surface area contributed by atoms with Crippen LogP contribution in [-0.4, -0.2) is 12.1 Å². The van der Waals surface area contributed by atoms with Crippen LogP contribution in [0.15, 0.2) is 205 Å². The molecule has 1 unspecified atom stereocenters. The Morgan fingerprint density at radius 3 is 1.75 bits per heavy atom. The summed E-state index contributed by atoms with van der Waals surface area (Å²) in [6.07, 6.45) is 1.39. The molecule has 8 aromatic carbocycles. The molecule has 266 valence electrons. The summed E-state index contributed by atoms with van der Waals surface area (Å²) in [5.74, 6) is 2.06. The summed E-state index contributed by atoms with van der Waals surface area (Å²) >= 11 is 0. The quantitative estimate of drug-likeness (QED) is 0.127. The molecule has 8 aromatic rings. The standard InChI is InChI=1S/C52H37N3O/c53-50(36-18-5-2-6-19-36)55-51(54-34-35-16-3-1-4-17-35)39-21-15-20-37(32-39)40-22-7-8-23-41(40)38-30-31-49-47(33-38)52(46-28-13-14-29-48(46)56-49)44-26-11-9-24-42(44)43-25-10-12-27-45(43)52/h1-34,51H,(H2,53,55)/b54-34+. The number of aliphatic imine (C=N–C) groups is 1. The maximum atomic E-state index is 8.94. The van der Waals surface area contributed by atoms with Crippen LogP contribution in [0.2, 0.25) is 0 Å². The van der Waals surface area contributed by atoms with E-state index < -0.39 is 11.6 Å². The first-order chi connectivity index (χ1) is 27.7. The summed E-state index contributed by atoms with van der Waals surface area (Å²) in [5.41, 5.74) is 14.0. The van der Waals surface area contributed by atoms with E-state index in [2.05, 4.69) is 145 Å². The van der Waals surface area contributed by atoms with E-state index in [1.165, 1.54) is 22.3 Å². The fourth-order valence-electron chi connectivity index (χ4n) is 8.62. The molecule has 0 saturated heterocycles. The number of ether oxygens (including phenoxy) is 1. The number of rotatable bonds is 7. The zero-order valence-electron chi connectivity index (χ0n) is 30.6. The summed E-state index contributed by atoms with van der Waals surface area (Å²) in [6, 6.07) is 69.8. The smallest absolute Gasteiger partial charge is 0.145 e. The molecule has 56 heavy (non-hydrogen) atoms. The van der Waals surface area contributed by atoms with Crippen LogP contribution in [0.25, 0.3) is 33.4 Å². The molecular formula is C52H37N3O. The average molecular weight is 720 g/mol. The average Bonchev–Trinajstić information content (AvgIpc) is 3.56. The summed E-state index contributed by atoms with van der Waals surface area (Å²) in [5, 5.41) is 12.3. The van der Waals surface area contributed by atoms with Crippen LogP contribution in [0, 0.1) is 5.41 Å². The Morgan fingerprint density at radius 1 is 0.500 bits per heavy atom. The van der Waals surface area contributed by atoms with Gasteiger partial charge >= 0.3 is 0 Å². The maximum absolute atomic E-state index is 8.94. The van der Waals surface area contributed by atoms with Gasteiger partial charge < -0.3 is 10.1 Å². The lowest BCUT2D eigenvalue weighted by Gasteiger charge is -2.39. The van der Waals surface area contributed by atoms with Crippen LogP contribution in [0.1, 0.15) is 45.1 Å². The third kappa shape index (κ3) is 5.54. The van der Waals surface area contributed by atoms with Gasteiger partial charge in [-0.1, -0.05) is 176 Å². The van der Waals surface area contributed by atoms with E-state index >= 15 is 0 Å². The second kappa shape index (κ2) is 13.8. The molecule has 0 aromatic heterocycles. The highest BCUT2D eigenvalue weighted by atomic mass is 16.5. The van der Waals surface area contributed by atoms with Crippen molar-refractivity contribution in [1.82, 2.24) is 5.32 Å². The van der Waals surface area contributed by atoms with E-state index in [4.69, 9.17) is 15.1 Å². The topological polar surface area (TPSA) is 57.5 Å². The zero-order valence-corrected chi connectivity index (χ0v) is 30.6. The van der Waals surface area contributed by atoms with Crippen molar-refractivity contribution in [3.05, 3.63) is 239 Å². The van der Waals surface area contributed by atoms with Gasteiger partial charge in [-0.15, -0.1) is 0 Å². The van der Waals surface area contributed by atoms with Crippen LogP contribution in [0.3, 0.4) is 0 Å². The van der Waals surface area contributed by atoms with Gasteiger partial charge in [0.25, 0.3) is 0 Å². The molecule has 0 bridgehead atoms.